The largest absolute Gasteiger partial charge is 0.383 e. The zero-order valence-corrected chi connectivity index (χ0v) is 17.0. The third-order valence-electron chi connectivity index (χ3n) is 4.51. The van der Waals surface area contributed by atoms with E-state index >= 15 is 0 Å². The predicted molar refractivity (Wildman–Crippen MR) is 112 cm³/mol. The van der Waals surface area contributed by atoms with Gasteiger partial charge >= 0.3 is 0 Å². The van der Waals surface area contributed by atoms with Crippen LogP contribution in [0.4, 0.5) is 5.69 Å². The van der Waals surface area contributed by atoms with Gasteiger partial charge in [-0.2, -0.15) is 5.26 Å². The van der Waals surface area contributed by atoms with E-state index in [0.717, 1.165) is 59.8 Å². The number of ether oxygens (including phenoxy) is 1. The molecule has 0 spiro atoms. The number of rotatable bonds is 9. The van der Waals surface area contributed by atoms with Gasteiger partial charge in [0.2, 0.25) is 0 Å². The van der Waals surface area contributed by atoms with E-state index in [9.17, 15) is 5.26 Å². The fraction of sp³-hybridized carbons (Fsp3) is 0.381. The van der Waals surface area contributed by atoms with Gasteiger partial charge in [0, 0.05) is 33.6 Å². The summed E-state index contributed by atoms with van der Waals surface area (Å²) in [6.07, 6.45) is 1.14. The van der Waals surface area contributed by atoms with Gasteiger partial charge in [0.25, 0.3) is 0 Å². The van der Waals surface area contributed by atoms with Crippen LogP contribution in [0.5, 0.6) is 0 Å². The van der Waals surface area contributed by atoms with E-state index in [4.69, 9.17) is 16.3 Å². The van der Waals surface area contributed by atoms with Crippen LogP contribution in [0, 0.1) is 11.3 Å². The van der Waals surface area contributed by atoms with E-state index in [2.05, 4.69) is 23.2 Å². The predicted octanol–water partition coefficient (Wildman–Crippen LogP) is 4.89. The van der Waals surface area contributed by atoms with E-state index in [1.807, 2.05) is 42.5 Å². The first-order valence-corrected chi connectivity index (χ1v) is 10.4. The van der Waals surface area contributed by atoms with Crippen LogP contribution < -0.4 is 5.32 Å². The molecule has 1 aliphatic rings. The van der Waals surface area contributed by atoms with Crippen molar-refractivity contribution in [2.75, 3.05) is 38.2 Å². The average Bonchev–Trinajstić information content (AvgIpc) is 2.63. The van der Waals surface area contributed by atoms with E-state index in [0.29, 0.717) is 11.6 Å². The van der Waals surface area contributed by atoms with E-state index in [1.165, 1.54) is 0 Å². The fourth-order valence-corrected chi connectivity index (χ4v) is 4.07. The molecule has 1 heterocycles. The molecular formula is C21H24ClN3OS. The molecule has 1 fully saturated rings. The summed E-state index contributed by atoms with van der Waals surface area (Å²) in [5.41, 5.74) is 1.71. The Bertz CT molecular complexity index is 787. The standard InChI is InChI=1S/C21H24ClN3OS/c1-2-10-25(18-14-26-15-18)11-9-24-20-8-3-16(13-23)12-21(20)27-19-6-4-17(22)5-7-19/h3-8,12,18,24H,2,9-11,14-15H2,1H3. The van der Waals surface area contributed by atoms with Crippen molar-refractivity contribution < 1.29 is 4.74 Å². The molecule has 0 saturated carbocycles. The van der Waals surface area contributed by atoms with Gasteiger partial charge in [-0.15, -0.1) is 0 Å². The molecule has 1 N–H and O–H groups in total. The lowest BCUT2D eigenvalue weighted by molar-refractivity contribution is -0.0634. The Labute approximate surface area is 170 Å². The first-order chi connectivity index (χ1) is 13.2. The molecular weight excluding hydrogens is 378 g/mol. The lowest BCUT2D eigenvalue weighted by Gasteiger charge is -2.37. The second kappa shape index (κ2) is 10.0. The monoisotopic (exact) mass is 401 g/mol. The normalized spacial score (nSPS) is 14.0. The highest BCUT2D eigenvalue weighted by Gasteiger charge is 2.24. The number of hydrogen-bond acceptors (Lipinski definition) is 5. The van der Waals surface area contributed by atoms with Crippen molar-refractivity contribution >= 4 is 29.1 Å². The summed E-state index contributed by atoms with van der Waals surface area (Å²) in [6, 6.07) is 16.3. The van der Waals surface area contributed by atoms with Gasteiger partial charge in [-0.25, -0.2) is 0 Å². The van der Waals surface area contributed by atoms with E-state index in [1.54, 1.807) is 11.8 Å². The van der Waals surface area contributed by atoms with Crippen molar-refractivity contribution in [2.24, 2.45) is 0 Å². The SMILES string of the molecule is CCCN(CCNc1ccc(C#N)cc1Sc1ccc(Cl)cc1)C1COC1. The average molecular weight is 402 g/mol. The molecule has 1 aliphatic heterocycles. The zero-order chi connectivity index (χ0) is 19.1. The molecule has 0 amide bonds. The maximum absolute atomic E-state index is 9.24. The minimum absolute atomic E-state index is 0.552. The van der Waals surface area contributed by atoms with E-state index in [-0.39, 0.29) is 0 Å². The summed E-state index contributed by atoms with van der Waals surface area (Å²) < 4.78 is 5.34. The minimum atomic E-state index is 0.552. The van der Waals surface area contributed by atoms with Crippen molar-refractivity contribution in [3.8, 4) is 6.07 Å². The summed E-state index contributed by atoms with van der Waals surface area (Å²) in [4.78, 5) is 4.63. The maximum Gasteiger partial charge on any atom is 0.0992 e. The van der Waals surface area contributed by atoms with Crippen LogP contribution in [0.15, 0.2) is 52.3 Å². The molecule has 27 heavy (non-hydrogen) atoms. The first kappa shape index (κ1) is 20.0. The van der Waals surface area contributed by atoms with Gasteiger partial charge < -0.3 is 10.1 Å². The van der Waals surface area contributed by atoms with Gasteiger partial charge in [-0.05, 0) is 55.4 Å². The smallest absolute Gasteiger partial charge is 0.0992 e. The van der Waals surface area contributed by atoms with Crippen LogP contribution in [0.25, 0.3) is 0 Å². The molecule has 0 aliphatic carbocycles. The number of nitrogens with one attached hydrogen (secondary N) is 1. The molecule has 0 aromatic heterocycles. The molecule has 142 valence electrons. The van der Waals surface area contributed by atoms with Gasteiger partial charge in [-0.3, -0.25) is 4.90 Å². The maximum atomic E-state index is 9.24. The van der Waals surface area contributed by atoms with Gasteiger partial charge in [0.05, 0.1) is 30.9 Å². The van der Waals surface area contributed by atoms with Crippen LogP contribution >= 0.6 is 23.4 Å². The molecule has 0 bridgehead atoms. The summed E-state index contributed by atoms with van der Waals surface area (Å²) in [5.74, 6) is 0. The number of hydrogen-bond donors (Lipinski definition) is 1. The number of halogens is 1. The molecule has 0 atom stereocenters. The lowest BCUT2D eigenvalue weighted by Crippen LogP contribution is -2.50. The van der Waals surface area contributed by atoms with Crippen molar-refractivity contribution in [2.45, 2.75) is 29.2 Å². The Morgan fingerprint density at radius 1 is 1.22 bits per heavy atom. The Kier molecular flexibility index (Phi) is 7.42. The summed E-state index contributed by atoms with van der Waals surface area (Å²) in [5, 5.41) is 13.5. The number of benzene rings is 2. The number of anilines is 1. The molecule has 3 rings (SSSR count). The van der Waals surface area contributed by atoms with Gasteiger partial charge in [0.1, 0.15) is 0 Å². The molecule has 0 radical (unpaired) electrons. The molecule has 4 nitrogen and oxygen atoms in total. The number of nitriles is 1. The lowest BCUT2D eigenvalue weighted by atomic mass is 10.2. The summed E-state index contributed by atoms with van der Waals surface area (Å²) in [6.45, 7) is 6.82. The van der Waals surface area contributed by atoms with Crippen LogP contribution in [0.1, 0.15) is 18.9 Å². The summed E-state index contributed by atoms with van der Waals surface area (Å²) >= 11 is 7.62. The summed E-state index contributed by atoms with van der Waals surface area (Å²) in [7, 11) is 0. The second-order valence-corrected chi connectivity index (χ2v) is 8.08. The topological polar surface area (TPSA) is 48.3 Å². The van der Waals surface area contributed by atoms with Crippen LogP contribution in [-0.2, 0) is 4.74 Å². The quantitative estimate of drug-likeness (QED) is 0.648. The minimum Gasteiger partial charge on any atom is -0.383 e. The zero-order valence-electron chi connectivity index (χ0n) is 15.5. The highest BCUT2D eigenvalue weighted by molar-refractivity contribution is 7.99. The van der Waals surface area contributed by atoms with E-state index < -0.39 is 0 Å². The number of nitrogens with zero attached hydrogens (tertiary/aromatic N) is 2. The molecule has 0 unspecified atom stereocenters. The van der Waals surface area contributed by atoms with Crippen LogP contribution in [0.3, 0.4) is 0 Å². The Balaban J connectivity index is 1.66. The van der Waals surface area contributed by atoms with Crippen LogP contribution in [0.2, 0.25) is 5.02 Å². The van der Waals surface area contributed by atoms with Crippen molar-refractivity contribution in [1.82, 2.24) is 4.90 Å². The first-order valence-electron chi connectivity index (χ1n) is 9.23. The Morgan fingerprint density at radius 2 is 2.00 bits per heavy atom. The molecule has 1 saturated heterocycles. The van der Waals surface area contributed by atoms with Crippen molar-refractivity contribution in [3.63, 3.8) is 0 Å². The molecule has 2 aromatic carbocycles. The van der Waals surface area contributed by atoms with Crippen molar-refractivity contribution in [1.29, 1.82) is 5.26 Å². The molecule has 6 heteroatoms. The van der Waals surface area contributed by atoms with Crippen LogP contribution in [-0.4, -0.2) is 43.8 Å². The Hall–Kier alpha value is -1.71. The van der Waals surface area contributed by atoms with Crippen molar-refractivity contribution in [3.05, 3.63) is 53.1 Å². The molecule has 2 aromatic rings. The highest BCUT2D eigenvalue weighted by atomic mass is 35.5. The fourth-order valence-electron chi connectivity index (χ4n) is 2.98. The highest BCUT2D eigenvalue weighted by Crippen LogP contribution is 2.34. The van der Waals surface area contributed by atoms with Gasteiger partial charge in [-0.1, -0.05) is 30.3 Å². The third-order valence-corrected chi connectivity index (χ3v) is 5.83. The van der Waals surface area contributed by atoms with Gasteiger partial charge in [0.15, 0.2) is 0 Å². The Morgan fingerprint density at radius 3 is 2.63 bits per heavy atom. The second-order valence-electron chi connectivity index (χ2n) is 6.53. The third kappa shape index (κ3) is 5.63.